The molecule has 0 aliphatic rings. The Morgan fingerprint density at radius 3 is 3.04 bits per heavy atom. The second kappa shape index (κ2) is 6.93. The molecule has 0 aliphatic carbocycles. The molecule has 3 heterocycles. The highest BCUT2D eigenvalue weighted by Crippen LogP contribution is 2.28. The Labute approximate surface area is 138 Å². The monoisotopic (exact) mass is 329 g/mol. The molecule has 23 heavy (non-hydrogen) atoms. The van der Waals surface area contributed by atoms with Gasteiger partial charge in [-0.25, -0.2) is 0 Å². The van der Waals surface area contributed by atoms with Gasteiger partial charge in [-0.3, -0.25) is 9.78 Å². The van der Waals surface area contributed by atoms with E-state index < -0.39 is 0 Å². The van der Waals surface area contributed by atoms with Gasteiger partial charge in [-0.2, -0.15) is 0 Å². The topological polar surface area (TPSA) is 56.1 Å². The van der Waals surface area contributed by atoms with E-state index in [2.05, 4.69) is 23.3 Å². The fourth-order valence-corrected chi connectivity index (χ4v) is 3.51. The van der Waals surface area contributed by atoms with Crippen LogP contribution in [0.4, 0.5) is 0 Å². The molecule has 3 aromatic heterocycles. The molecule has 120 valence electrons. The SMILES string of the molecule is COCCn1c(C(=O)NCc2cccnc2)cc2sc(C)cc21. The van der Waals surface area contributed by atoms with Gasteiger partial charge in [0, 0.05) is 37.5 Å². The number of amides is 1. The normalized spacial score (nSPS) is 11.0. The molecule has 0 saturated heterocycles. The summed E-state index contributed by atoms with van der Waals surface area (Å²) in [5.41, 5.74) is 2.75. The van der Waals surface area contributed by atoms with Crippen LogP contribution in [0.1, 0.15) is 20.9 Å². The van der Waals surface area contributed by atoms with E-state index in [9.17, 15) is 4.79 Å². The van der Waals surface area contributed by atoms with Crippen LogP contribution >= 0.6 is 11.3 Å². The fourth-order valence-electron chi connectivity index (χ4n) is 2.55. The predicted octanol–water partition coefficient (Wildman–Crippen LogP) is 2.98. The maximum absolute atomic E-state index is 12.6. The number of aromatic nitrogens is 2. The molecule has 3 rings (SSSR count). The minimum absolute atomic E-state index is 0.0778. The molecular weight excluding hydrogens is 310 g/mol. The van der Waals surface area contributed by atoms with Crippen molar-refractivity contribution in [1.29, 1.82) is 0 Å². The minimum atomic E-state index is -0.0778. The summed E-state index contributed by atoms with van der Waals surface area (Å²) in [5.74, 6) is -0.0778. The van der Waals surface area contributed by atoms with E-state index in [4.69, 9.17) is 4.74 Å². The van der Waals surface area contributed by atoms with Crippen molar-refractivity contribution in [2.24, 2.45) is 0 Å². The molecule has 0 radical (unpaired) electrons. The van der Waals surface area contributed by atoms with Gasteiger partial charge < -0.3 is 14.6 Å². The summed E-state index contributed by atoms with van der Waals surface area (Å²) in [6.07, 6.45) is 3.48. The van der Waals surface area contributed by atoms with Crippen LogP contribution in [0.3, 0.4) is 0 Å². The average molecular weight is 329 g/mol. The first-order valence-electron chi connectivity index (χ1n) is 7.44. The molecule has 0 saturated carbocycles. The summed E-state index contributed by atoms with van der Waals surface area (Å²) in [6, 6.07) is 7.88. The quantitative estimate of drug-likeness (QED) is 0.756. The number of pyridine rings is 1. The zero-order chi connectivity index (χ0) is 16.2. The van der Waals surface area contributed by atoms with Gasteiger partial charge in [-0.05, 0) is 30.7 Å². The van der Waals surface area contributed by atoms with Crippen LogP contribution in [0.2, 0.25) is 0 Å². The lowest BCUT2D eigenvalue weighted by molar-refractivity contribution is 0.0939. The summed E-state index contributed by atoms with van der Waals surface area (Å²) in [5, 5.41) is 2.96. The number of nitrogens with one attached hydrogen (secondary N) is 1. The zero-order valence-corrected chi connectivity index (χ0v) is 14.0. The number of aryl methyl sites for hydroxylation is 1. The van der Waals surface area contributed by atoms with Crippen molar-refractivity contribution in [3.8, 4) is 0 Å². The molecule has 0 bridgehead atoms. The number of thiophene rings is 1. The molecule has 5 nitrogen and oxygen atoms in total. The van der Waals surface area contributed by atoms with Crippen LogP contribution in [0, 0.1) is 6.92 Å². The van der Waals surface area contributed by atoms with Gasteiger partial charge in [0.15, 0.2) is 0 Å². The number of ether oxygens (including phenoxy) is 1. The molecule has 3 aromatic rings. The van der Waals surface area contributed by atoms with Gasteiger partial charge in [0.2, 0.25) is 0 Å². The van der Waals surface area contributed by atoms with Crippen molar-refractivity contribution >= 4 is 27.5 Å². The Balaban J connectivity index is 1.82. The lowest BCUT2D eigenvalue weighted by Crippen LogP contribution is -2.26. The average Bonchev–Trinajstić information content (AvgIpc) is 3.08. The molecule has 1 amide bonds. The van der Waals surface area contributed by atoms with E-state index in [1.54, 1.807) is 30.8 Å². The smallest absolute Gasteiger partial charge is 0.268 e. The van der Waals surface area contributed by atoms with E-state index in [-0.39, 0.29) is 5.91 Å². The molecule has 6 heteroatoms. The highest BCUT2D eigenvalue weighted by atomic mass is 32.1. The Morgan fingerprint density at radius 1 is 1.43 bits per heavy atom. The molecule has 0 aliphatic heterocycles. The second-order valence-corrected chi connectivity index (χ2v) is 6.61. The van der Waals surface area contributed by atoms with Crippen molar-refractivity contribution in [3.05, 3.63) is 52.8 Å². The van der Waals surface area contributed by atoms with E-state index >= 15 is 0 Å². The maximum atomic E-state index is 12.6. The summed E-state index contributed by atoms with van der Waals surface area (Å²) in [6.45, 7) is 3.77. The Hall–Kier alpha value is -2.18. The van der Waals surface area contributed by atoms with Crippen LogP contribution in [0.25, 0.3) is 10.2 Å². The van der Waals surface area contributed by atoms with Crippen molar-refractivity contribution in [2.75, 3.05) is 13.7 Å². The minimum Gasteiger partial charge on any atom is -0.383 e. The second-order valence-electron chi connectivity index (χ2n) is 5.32. The van der Waals surface area contributed by atoms with Crippen molar-refractivity contribution in [1.82, 2.24) is 14.9 Å². The number of hydrogen-bond donors (Lipinski definition) is 1. The standard InChI is InChI=1S/C17H19N3O2S/c1-12-8-14-16(23-12)9-15(20(14)6-7-22-2)17(21)19-11-13-4-3-5-18-10-13/h3-5,8-10H,6-7,11H2,1-2H3,(H,19,21). The number of methoxy groups -OCH3 is 1. The Morgan fingerprint density at radius 2 is 2.30 bits per heavy atom. The summed E-state index contributed by atoms with van der Waals surface area (Å²) >= 11 is 1.70. The lowest BCUT2D eigenvalue weighted by atomic mass is 10.3. The molecule has 0 unspecified atom stereocenters. The number of fused-ring (bicyclic) bond motifs is 1. The maximum Gasteiger partial charge on any atom is 0.268 e. The number of carbonyl (C=O) groups excluding carboxylic acids is 1. The lowest BCUT2D eigenvalue weighted by Gasteiger charge is -2.10. The molecular formula is C17H19N3O2S. The first kappa shape index (κ1) is 15.7. The first-order valence-corrected chi connectivity index (χ1v) is 8.26. The Kier molecular flexibility index (Phi) is 4.73. The highest BCUT2D eigenvalue weighted by Gasteiger charge is 2.17. The third-order valence-electron chi connectivity index (χ3n) is 3.64. The summed E-state index contributed by atoms with van der Waals surface area (Å²) in [4.78, 5) is 17.9. The first-order chi connectivity index (χ1) is 11.2. The molecule has 0 fully saturated rings. The third-order valence-corrected chi connectivity index (χ3v) is 4.63. The van der Waals surface area contributed by atoms with Crippen molar-refractivity contribution in [3.63, 3.8) is 0 Å². The van der Waals surface area contributed by atoms with Gasteiger partial charge in [0.25, 0.3) is 5.91 Å². The molecule has 0 aromatic carbocycles. The molecule has 0 spiro atoms. The van der Waals surface area contributed by atoms with Crippen molar-refractivity contribution < 1.29 is 9.53 Å². The predicted molar refractivity (Wildman–Crippen MR) is 91.8 cm³/mol. The van der Waals surface area contributed by atoms with Gasteiger partial charge in [0.05, 0.1) is 16.8 Å². The van der Waals surface area contributed by atoms with Crippen LogP contribution in [-0.4, -0.2) is 29.2 Å². The fraction of sp³-hybridized carbons (Fsp3) is 0.294. The van der Waals surface area contributed by atoms with Crippen molar-refractivity contribution in [2.45, 2.75) is 20.0 Å². The van der Waals surface area contributed by atoms with E-state index in [0.29, 0.717) is 25.4 Å². The van der Waals surface area contributed by atoms with Crippen LogP contribution in [0.15, 0.2) is 36.7 Å². The van der Waals surface area contributed by atoms with Crippen LogP contribution < -0.4 is 5.32 Å². The van der Waals surface area contributed by atoms with Gasteiger partial charge in [-0.15, -0.1) is 11.3 Å². The number of carbonyl (C=O) groups is 1. The van der Waals surface area contributed by atoms with Crippen LogP contribution in [0.5, 0.6) is 0 Å². The largest absolute Gasteiger partial charge is 0.383 e. The number of rotatable bonds is 6. The number of hydrogen-bond acceptors (Lipinski definition) is 4. The number of nitrogens with zero attached hydrogens (tertiary/aromatic N) is 2. The summed E-state index contributed by atoms with van der Waals surface area (Å²) in [7, 11) is 1.67. The van der Waals surface area contributed by atoms with E-state index in [1.807, 2.05) is 22.8 Å². The molecule has 1 N–H and O–H groups in total. The van der Waals surface area contributed by atoms with Gasteiger partial charge in [-0.1, -0.05) is 6.07 Å². The zero-order valence-electron chi connectivity index (χ0n) is 13.2. The Bertz CT molecular complexity index is 808. The van der Waals surface area contributed by atoms with E-state index in [0.717, 1.165) is 15.8 Å². The molecule has 0 atom stereocenters. The van der Waals surface area contributed by atoms with Crippen LogP contribution in [-0.2, 0) is 17.8 Å². The van der Waals surface area contributed by atoms with Gasteiger partial charge >= 0.3 is 0 Å². The third kappa shape index (κ3) is 3.43. The summed E-state index contributed by atoms with van der Waals surface area (Å²) < 4.78 is 8.34. The highest BCUT2D eigenvalue weighted by molar-refractivity contribution is 7.19. The van der Waals surface area contributed by atoms with Gasteiger partial charge in [0.1, 0.15) is 5.69 Å². The van der Waals surface area contributed by atoms with E-state index in [1.165, 1.54) is 4.88 Å².